The van der Waals surface area contributed by atoms with Crippen molar-refractivity contribution in [3.63, 3.8) is 0 Å². The topological polar surface area (TPSA) is 95.3 Å². The Morgan fingerprint density at radius 2 is 1.84 bits per heavy atom. The minimum Gasteiger partial charge on any atom is -0.496 e. The van der Waals surface area contributed by atoms with E-state index in [-0.39, 0.29) is 23.8 Å². The molecule has 1 aliphatic heterocycles. The smallest absolute Gasteiger partial charge is 0.229 e. The van der Waals surface area contributed by atoms with Crippen molar-refractivity contribution in [1.82, 2.24) is 9.78 Å². The van der Waals surface area contributed by atoms with Crippen LogP contribution in [0, 0.1) is 29.9 Å². The number of aryl methyl sites for hydroxylation is 1. The van der Waals surface area contributed by atoms with Gasteiger partial charge >= 0.3 is 0 Å². The molecule has 37 heavy (non-hydrogen) atoms. The SMILES string of the molecule is COc1ccc(C2C(C#N)=C(N)Oc3c2c(C)nn3-c2ccccc2)cc1COc1ccc(F)cc1F. The highest BCUT2D eigenvalue weighted by molar-refractivity contribution is 5.58. The largest absolute Gasteiger partial charge is 0.496 e. The monoisotopic (exact) mass is 500 g/mol. The number of methoxy groups -OCH3 is 1. The van der Waals surface area contributed by atoms with Crippen LogP contribution in [0.5, 0.6) is 17.4 Å². The third kappa shape index (κ3) is 4.34. The predicted octanol–water partition coefficient (Wildman–Crippen LogP) is 5.26. The fourth-order valence-corrected chi connectivity index (χ4v) is 4.43. The Balaban J connectivity index is 1.58. The van der Waals surface area contributed by atoms with Crippen LogP contribution in [-0.2, 0) is 6.61 Å². The Labute approximate surface area is 211 Å². The van der Waals surface area contributed by atoms with Crippen LogP contribution < -0.4 is 19.9 Å². The maximum atomic E-state index is 14.1. The minimum atomic E-state index is -0.810. The molecule has 1 aromatic heterocycles. The number of allylic oxidation sites excluding steroid dienone is 1. The summed E-state index contributed by atoms with van der Waals surface area (Å²) in [4.78, 5) is 0. The summed E-state index contributed by atoms with van der Waals surface area (Å²) < 4.78 is 46.1. The molecular formula is C28H22F2N4O3. The van der Waals surface area contributed by atoms with Gasteiger partial charge in [-0.25, -0.2) is 13.5 Å². The van der Waals surface area contributed by atoms with Crippen LogP contribution in [0.1, 0.15) is 28.3 Å². The first kappa shape index (κ1) is 23.9. The molecule has 1 unspecified atom stereocenters. The van der Waals surface area contributed by atoms with Gasteiger partial charge in [-0.15, -0.1) is 0 Å². The van der Waals surface area contributed by atoms with Gasteiger partial charge in [0.25, 0.3) is 0 Å². The number of aromatic nitrogens is 2. The number of nitrogens with two attached hydrogens (primary N) is 1. The van der Waals surface area contributed by atoms with E-state index in [1.54, 1.807) is 10.7 Å². The average Bonchev–Trinajstić information content (AvgIpc) is 3.23. The number of fused-ring (bicyclic) bond motifs is 1. The zero-order chi connectivity index (χ0) is 26.1. The lowest BCUT2D eigenvalue weighted by molar-refractivity contribution is 0.281. The highest BCUT2D eigenvalue weighted by Crippen LogP contribution is 2.45. The number of ether oxygens (including phenoxy) is 3. The summed E-state index contributed by atoms with van der Waals surface area (Å²) in [7, 11) is 1.51. The Morgan fingerprint density at radius 1 is 1.08 bits per heavy atom. The van der Waals surface area contributed by atoms with E-state index in [2.05, 4.69) is 11.2 Å². The second-order valence-electron chi connectivity index (χ2n) is 8.41. The summed E-state index contributed by atoms with van der Waals surface area (Å²) in [6, 6.07) is 20.1. The third-order valence-electron chi connectivity index (χ3n) is 6.15. The number of hydrogen-bond donors (Lipinski definition) is 1. The van der Waals surface area contributed by atoms with Crippen molar-refractivity contribution in [2.75, 3.05) is 7.11 Å². The summed E-state index contributed by atoms with van der Waals surface area (Å²) in [5.74, 6) is -1.25. The molecule has 4 aromatic rings. The molecule has 0 saturated carbocycles. The van der Waals surface area contributed by atoms with Crippen LogP contribution in [-0.4, -0.2) is 16.9 Å². The summed E-state index contributed by atoms with van der Waals surface area (Å²) in [6.07, 6.45) is 0. The summed E-state index contributed by atoms with van der Waals surface area (Å²) in [5, 5.41) is 14.7. The summed E-state index contributed by atoms with van der Waals surface area (Å²) >= 11 is 0. The molecular weight excluding hydrogens is 478 g/mol. The van der Waals surface area contributed by atoms with Gasteiger partial charge in [0.1, 0.15) is 29.8 Å². The minimum absolute atomic E-state index is 0.0147. The lowest BCUT2D eigenvalue weighted by atomic mass is 9.83. The molecule has 7 nitrogen and oxygen atoms in total. The van der Waals surface area contributed by atoms with Gasteiger partial charge in [0.05, 0.1) is 30.0 Å². The molecule has 9 heteroatoms. The second-order valence-corrected chi connectivity index (χ2v) is 8.41. The van der Waals surface area contributed by atoms with E-state index in [4.69, 9.17) is 19.9 Å². The fourth-order valence-electron chi connectivity index (χ4n) is 4.43. The standard InChI is InChI=1S/C28H22F2N4O3/c1-16-25-26(21(14-31)27(32)37-28(25)34(33-16)20-6-4-3-5-7-20)17-8-10-23(35-2)18(12-17)15-36-24-11-9-19(29)13-22(24)30/h3-13,26H,15,32H2,1-2H3. The molecule has 0 amide bonds. The van der Waals surface area contributed by atoms with Crippen LogP contribution in [0.4, 0.5) is 8.78 Å². The molecule has 0 radical (unpaired) electrons. The Bertz CT molecular complexity index is 1560. The predicted molar refractivity (Wildman–Crippen MR) is 131 cm³/mol. The van der Waals surface area contributed by atoms with Crippen molar-refractivity contribution in [3.05, 3.63) is 112 Å². The van der Waals surface area contributed by atoms with E-state index in [9.17, 15) is 14.0 Å². The van der Waals surface area contributed by atoms with Crippen LogP contribution in [0.15, 0.2) is 78.2 Å². The Kier molecular flexibility index (Phi) is 6.24. The van der Waals surface area contributed by atoms with Gasteiger partial charge in [0.2, 0.25) is 11.8 Å². The number of benzene rings is 3. The van der Waals surface area contributed by atoms with Crippen molar-refractivity contribution >= 4 is 0 Å². The number of halogens is 2. The lowest BCUT2D eigenvalue weighted by Crippen LogP contribution is -2.22. The normalized spacial score (nSPS) is 14.5. The first-order chi connectivity index (χ1) is 17.9. The van der Waals surface area contributed by atoms with Gasteiger partial charge < -0.3 is 19.9 Å². The van der Waals surface area contributed by atoms with Gasteiger partial charge in [-0.2, -0.15) is 10.4 Å². The molecule has 0 spiro atoms. The van der Waals surface area contributed by atoms with Crippen LogP contribution >= 0.6 is 0 Å². The molecule has 2 heterocycles. The van der Waals surface area contributed by atoms with Crippen LogP contribution in [0.2, 0.25) is 0 Å². The molecule has 186 valence electrons. The summed E-state index contributed by atoms with van der Waals surface area (Å²) in [5.41, 5.74) is 9.94. The first-order valence-electron chi connectivity index (χ1n) is 11.4. The second kappa shape index (κ2) is 9.66. The van der Waals surface area contributed by atoms with Gasteiger partial charge in [-0.1, -0.05) is 24.3 Å². The van der Waals surface area contributed by atoms with Crippen molar-refractivity contribution in [1.29, 1.82) is 5.26 Å². The number of nitriles is 1. The van der Waals surface area contributed by atoms with Crippen LogP contribution in [0.3, 0.4) is 0 Å². The first-order valence-corrected chi connectivity index (χ1v) is 11.4. The number of rotatable bonds is 6. The van der Waals surface area contributed by atoms with Gasteiger partial charge in [0.15, 0.2) is 11.6 Å². The molecule has 2 N–H and O–H groups in total. The zero-order valence-electron chi connectivity index (χ0n) is 20.0. The third-order valence-corrected chi connectivity index (χ3v) is 6.15. The Morgan fingerprint density at radius 3 is 2.54 bits per heavy atom. The van der Waals surface area contributed by atoms with Crippen LogP contribution in [0.25, 0.3) is 5.69 Å². The van der Waals surface area contributed by atoms with E-state index >= 15 is 0 Å². The molecule has 1 atom stereocenters. The van der Waals surface area contributed by atoms with Crippen molar-refractivity contribution in [2.45, 2.75) is 19.4 Å². The molecule has 3 aromatic carbocycles. The maximum absolute atomic E-state index is 14.1. The molecule has 0 bridgehead atoms. The summed E-state index contributed by atoms with van der Waals surface area (Å²) in [6.45, 7) is 1.79. The van der Waals surface area contributed by atoms with Crippen molar-refractivity contribution in [2.24, 2.45) is 5.73 Å². The van der Waals surface area contributed by atoms with E-state index in [0.717, 1.165) is 23.4 Å². The van der Waals surface area contributed by atoms with E-state index in [1.807, 2.05) is 49.4 Å². The lowest BCUT2D eigenvalue weighted by Gasteiger charge is -2.25. The average molecular weight is 501 g/mol. The quantitative estimate of drug-likeness (QED) is 0.388. The maximum Gasteiger partial charge on any atom is 0.229 e. The van der Waals surface area contributed by atoms with Crippen molar-refractivity contribution < 1.29 is 23.0 Å². The van der Waals surface area contributed by atoms with E-state index in [1.165, 1.54) is 13.2 Å². The molecule has 0 aliphatic carbocycles. The zero-order valence-corrected chi connectivity index (χ0v) is 20.0. The number of nitrogens with zero attached hydrogens (tertiary/aromatic N) is 3. The number of para-hydroxylation sites is 1. The highest BCUT2D eigenvalue weighted by Gasteiger charge is 2.36. The molecule has 1 aliphatic rings. The number of hydrogen-bond acceptors (Lipinski definition) is 6. The van der Waals surface area contributed by atoms with Gasteiger partial charge in [0, 0.05) is 11.6 Å². The molecule has 0 saturated heterocycles. The Hall–Kier alpha value is -4.84. The van der Waals surface area contributed by atoms with E-state index < -0.39 is 17.6 Å². The van der Waals surface area contributed by atoms with Crippen molar-refractivity contribution in [3.8, 4) is 29.1 Å². The fraction of sp³-hybridized carbons (Fsp3) is 0.143. The van der Waals surface area contributed by atoms with Gasteiger partial charge in [-0.3, -0.25) is 0 Å². The molecule has 5 rings (SSSR count). The molecule has 0 fully saturated rings. The van der Waals surface area contributed by atoms with E-state index in [0.29, 0.717) is 28.5 Å². The van der Waals surface area contributed by atoms with Gasteiger partial charge in [-0.05, 0) is 48.9 Å². The highest BCUT2D eigenvalue weighted by atomic mass is 19.1.